The van der Waals surface area contributed by atoms with Gasteiger partial charge < -0.3 is 19.7 Å². The second-order valence-electron chi connectivity index (χ2n) is 5.42. The number of halogens is 1. The first kappa shape index (κ1) is 16.3. The van der Waals surface area contributed by atoms with Crippen LogP contribution in [0.25, 0.3) is 0 Å². The third-order valence-corrected chi connectivity index (χ3v) is 4.00. The summed E-state index contributed by atoms with van der Waals surface area (Å²) in [7, 11) is 0. The number of aliphatic carboxylic acids is 1. The molecule has 1 amide bonds. The van der Waals surface area contributed by atoms with E-state index in [4.69, 9.17) is 26.0 Å². The molecule has 3 rings (SSSR count). The van der Waals surface area contributed by atoms with E-state index in [0.29, 0.717) is 11.4 Å². The Balaban J connectivity index is 1.71. The summed E-state index contributed by atoms with van der Waals surface area (Å²) in [5.41, 5.74) is 1.62. The van der Waals surface area contributed by atoms with E-state index in [9.17, 15) is 9.59 Å². The molecule has 2 aromatic rings. The van der Waals surface area contributed by atoms with E-state index in [1.165, 1.54) is 12.1 Å². The molecule has 0 unspecified atom stereocenters. The predicted molar refractivity (Wildman–Crippen MR) is 85.7 cm³/mol. The Hall–Kier alpha value is -2.54. The minimum atomic E-state index is -1.10. The zero-order valence-electron chi connectivity index (χ0n) is 12.7. The summed E-state index contributed by atoms with van der Waals surface area (Å²) < 4.78 is 10.3. The van der Waals surface area contributed by atoms with Crippen LogP contribution in [0.15, 0.2) is 22.7 Å². The van der Waals surface area contributed by atoms with E-state index in [1.807, 2.05) is 0 Å². The van der Waals surface area contributed by atoms with Crippen LogP contribution in [-0.4, -0.2) is 28.7 Å². The third kappa shape index (κ3) is 3.51. The Morgan fingerprint density at radius 3 is 2.88 bits per heavy atom. The molecule has 1 aliphatic rings. The lowest BCUT2D eigenvalue weighted by atomic mass is 9.96. The molecule has 0 saturated heterocycles. The summed E-state index contributed by atoms with van der Waals surface area (Å²) in [4.78, 5) is 22.9. The van der Waals surface area contributed by atoms with Crippen molar-refractivity contribution in [3.05, 3.63) is 40.2 Å². The van der Waals surface area contributed by atoms with Gasteiger partial charge in [-0.15, -0.1) is 0 Å². The van der Waals surface area contributed by atoms with Crippen LogP contribution in [0, 0.1) is 0 Å². The number of carbonyl (C=O) groups is 2. The molecule has 0 radical (unpaired) electrons. The third-order valence-electron chi connectivity index (χ3n) is 3.71. The van der Waals surface area contributed by atoms with Crippen molar-refractivity contribution in [3.8, 4) is 5.75 Å². The number of anilines is 1. The number of hydrogen-bond donors (Lipinski definition) is 2. The maximum atomic E-state index is 12.4. The van der Waals surface area contributed by atoms with Crippen molar-refractivity contribution in [1.82, 2.24) is 5.16 Å². The Bertz CT molecular complexity index is 787. The normalized spacial score (nSPS) is 13.2. The summed E-state index contributed by atoms with van der Waals surface area (Å²) in [5.74, 6) is -0.450. The van der Waals surface area contributed by atoms with E-state index in [2.05, 4.69) is 10.5 Å². The fraction of sp³-hybridized carbons (Fsp3) is 0.312. The topological polar surface area (TPSA) is 102 Å². The van der Waals surface area contributed by atoms with Crippen LogP contribution in [0.4, 0.5) is 5.69 Å². The number of carboxylic acid groups (broad SMARTS) is 1. The maximum absolute atomic E-state index is 12.4. The van der Waals surface area contributed by atoms with Gasteiger partial charge in [0.2, 0.25) is 0 Å². The molecule has 1 aromatic carbocycles. The van der Waals surface area contributed by atoms with Gasteiger partial charge in [0.05, 0.1) is 5.02 Å². The molecule has 126 valence electrons. The summed E-state index contributed by atoms with van der Waals surface area (Å²) in [5, 5.41) is 15.4. The van der Waals surface area contributed by atoms with Crippen LogP contribution in [0.2, 0.25) is 5.02 Å². The number of nitrogens with one attached hydrogen (secondary N) is 1. The van der Waals surface area contributed by atoms with Crippen LogP contribution >= 0.6 is 11.6 Å². The number of fused-ring (bicyclic) bond motifs is 1. The smallest absolute Gasteiger partial charge is 0.341 e. The molecule has 1 aliphatic carbocycles. The number of nitrogens with zero attached hydrogens (tertiary/aromatic N) is 1. The summed E-state index contributed by atoms with van der Waals surface area (Å²) in [6.45, 7) is -0.490. The predicted octanol–water partition coefficient (Wildman–Crippen LogP) is 2.92. The minimum Gasteiger partial charge on any atom is -0.480 e. The molecule has 2 N–H and O–H groups in total. The van der Waals surface area contributed by atoms with E-state index in [0.717, 1.165) is 37.0 Å². The highest BCUT2D eigenvalue weighted by atomic mass is 35.5. The van der Waals surface area contributed by atoms with Crippen LogP contribution < -0.4 is 10.1 Å². The average Bonchev–Trinajstić information content (AvgIpc) is 2.98. The monoisotopic (exact) mass is 350 g/mol. The fourth-order valence-electron chi connectivity index (χ4n) is 2.59. The van der Waals surface area contributed by atoms with Gasteiger partial charge in [-0.25, -0.2) is 4.79 Å². The highest BCUT2D eigenvalue weighted by Gasteiger charge is 2.24. The second kappa shape index (κ2) is 6.92. The number of benzene rings is 1. The van der Waals surface area contributed by atoms with Crippen molar-refractivity contribution >= 4 is 29.2 Å². The van der Waals surface area contributed by atoms with Gasteiger partial charge >= 0.3 is 5.97 Å². The van der Waals surface area contributed by atoms with Crippen LogP contribution in [0.1, 0.15) is 34.7 Å². The molecule has 1 aromatic heterocycles. The average molecular weight is 351 g/mol. The van der Waals surface area contributed by atoms with Gasteiger partial charge in [-0.1, -0.05) is 16.8 Å². The largest absolute Gasteiger partial charge is 0.480 e. The molecule has 0 saturated carbocycles. The van der Waals surface area contributed by atoms with Gasteiger partial charge in [0, 0.05) is 17.7 Å². The second-order valence-corrected chi connectivity index (χ2v) is 5.83. The minimum absolute atomic E-state index is 0.205. The first-order valence-corrected chi connectivity index (χ1v) is 7.85. The van der Waals surface area contributed by atoms with Crippen LogP contribution in [0.5, 0.6) is 5.75 Å². The lowest BCUT2D eigenvalue weighted by molar-refractivity contribution is -0.139. The number of aromatic nitrogens is 1. The molecule has 0 spiro atoms. The van der Waals surface area contributed by atoms with Gasteiger partial charge in [0.15, 0.2) is 12.3 Å². The molecule has 0 fully saturated rings. The van der Waals surface area contributed by atoms with E-state index in [-0.39, 0.29) is 16.7 Å². The highest BCUT2D eigenvalue weighted by molar-refractivity contribution is 6.32. The van der Waals surface area contributed by atoms with E-state index < -0.39 is 12.6 Å². The van der Waals surface area contributed by atoms with Crippen LogP contribution in [-0.2, 0) is 17.6 Å². The number of carboxylic acids is 1. The number of ether oxygens (including phenoxy) is 1. The van der Waals surface area contributed by atoms with Crippen molar-refractivity contribution in [1.29, 1.82) is 0 Å². The summed E-state index contributed by atoms with van der Waals surface area (Å²) >= 11 is 6.03. The fourth-order valence-corrected chi connectivity index (χ4v) is 2.82. The number of hydrogen-bond acceptors (Lipinski definition) is 5. The number of rotatable bonds is 5. The number of amides is 1. The lowest BCUT2D eigenvalue weighted by Gasteiger charge is -2.10. The Morgan fingerprint density at radius 1 is 1.33 bits per heavy atom. The SMILES string of the molecule is O=C(O)COc1ccc(NC(=O)c2noc3c2CCCC3)cc1Cl. The van der Waals surface area contributed by atoms with Gasteiger partial charge in [-0.2, -0.15) is 0 Å². The summed E-state index contributed by atoms with van der Waals surface area (Å²) in [6.07, 6.45) is 3.63. The zero-order valence-corrected chi connectivity index (χ0v) is 13.4. The zero-order chi connectivity index (χ0) is 17.1. The number of aryl methyl sites for hydroxylation is 1. The van der Waals surface area contributed by atoms with Crippen molar-refractivity contribution in [2.24, 2.45) is 0 Å². The molecule has 0 atom stereocenters. The molecule has 1 heterocycles. The number of carbonyl (C=O) groups excluding carboxylic acids is 1. The maximum Gasteiger partial charge on any atom is 0.341 e. The Labute approximate surface area is 142 Å². The van der Waals surface area contributed by atoms with E-state index in [1.54, 1.807) is 6.07 Å². The van der Waals surface area contributed by atoms with Gasteiger partial charge in [-0.05, 0) is 37.5 Å². The molecule has 7 nitrogen and oxygen atoms in total. The molecular weight excluding hydrogens is 336 g/mol. The lowest BCUT2D eigenvalue weighted by Crippen LogP contribution is -2.15. The Morgan fingerprint density at radius 2 is 2.12 bits per heavy atom. The van der Waals surface area contributed by atoms with E-state index >= 15 is 0 Å². The summed E-state index contributed by atoms with van der Waals surface area (Å²) in [6, 6.07) is 4.57. The first-order valence-electron chi connectivity index (χ1n) is 7.47. The molecule has 0 bridgehead atoms. The molecule has 24 heavy (non-hydrogen) atoms. The Kier molecular flexibility index (Phi) is 4.71. The highest BCUT2D eigenvalue weighted by Crippen LogP contribution is 2.29. The molecule has 0 aliphatic heterocycles. The first-order chi connectivity index (χ1) is 11.5. The molecular formula is C16H15ClN2O5. The van der Waals surface area contributed by atoms with Crippen molar-refractivity contribution in [2.45, 2.75) is 25.7 Å². The van der Waals surface area contributed by atoms with Gasteiger partial charge in [0.25, 0.3) is 5.91 Å². The standard InChI is InChI=1S/C16H15ClN2O5/c17-11-7-9(5-6-13(11)23-8-14(20)21)18-16(22)15-10-3-1-2-4-12(10)24-19-15/h5-7H,1-4,8H2,(H,18,22)(H,20,21). The van der Waals surface area contributed by atoms with Crippen LogP contribution in [0.3, 0.4) is 0 Å². The van der Waals surface area contributed by atoms with Crippen molar-refractivity contribution in [3.63, 3.8) is 0 Å². The quantitative estimate of drug-likeness (QED) is 0.859. The van der Waals surface area contributed by atoms with Crippen molar-refractivity contribution in [2.75, 3.05) is 11.9 Å². The van der Waals surface area contributed by atoms with Gasteiger partial charge in [-0.3, -0.25) is 4.79 Å². The van der Waals surface area contributed by atoms with Gasteiger partial charge in [0.1, 0.15) is 11.5 Å². The van der Waals surface area contributed by atoms with Crippen molar-refractivity contribution < 1.29 is 24.0 Å². The molecule has 8 heteroatoms.